The first-order valence-corrected chi connectivity index (χ1v) is 4.81. The van der Waals surface area contributed by atoms with E-state index in [9.17, 15) is 0 Å². The van der Waals surface area contributed by atoms with Gasteiger partial charge in [0.05, 0.1) is 13.2 Å². The van der Waals surface area contributed by atoms with Gasteiger partial charge in [0, 0.05) is 26.2 Å². The molecular weight excluding hydrogens is 154 g/mol. The van der Waals surface area contributed by atoms with E-state index in [-0.39, 0.29) is 0 Å². The fourth-order valence-corrected chi connectivity index (χ4v) is 1.87. The Bertz CT molecular complexity index is 145. The molecule has 1 saturated heterocycles. The van der Waals surface area contributed by atoms with Crippen molar-refractivity contribution in [3.8, 4) is 0 Å². The second-order valence-corrected chi connectivity index (χ2v) is 3.85. The van der Waals surface area contributed by atoms with E-state index >= 15 is 0 Å². The van der Waals surface area contributed by atoms with Crippen LogP contribution in [0.4, 0.5) is 0 Å². The third-order valence-corrected chi connectivity index (χ3v) is 2.90. The molecule has 2 unspecified atom stereocenters. The summed E-state index contributed by atoms with van der Waals surface area (Å²) in [5.74, 6) is 1.38. The molecule has 1 N–H and O–H groups in total. The van der Waals surface area contributed by atoms with Crippen LogP contribution < -0.4 is 0 Å². The minimum Gasteiger partial charge on any atom is -0.396 e. The molecule has 0 aromatic rings. The molecule has 2 rings (SSSR count). The number of rotatable bonds is 3. The van der Waals surface area contributed by atoms with Gasteiger partial charge < -0.3 is 9.84 Å². The summed E-state index contributed by atoms with van der Waals surface area (Å²) in [5.41, 5.74) is 0. The lowest BCUT2D eigenvalue weighted by atomic mass is 10.3. The molecule has 0 amide bonds. The summed E-state index contributed by atoms with van der Waals surface area (Å²) >= 11 is 0. The Labute approximate surface area is 73.3 Å². The Balaban J connectivity index is 1.66. The quantitative estimate of drug-likeness (QED) is 0.646. The highest BCUT2D eigenvalue weighted by molar-refractivity contribution is 4.88. The van der Waals surface area contributed by atoms with Crippen LogP contribution >= 0.6 is 0 Å². The van der Waals surface area contributed by atoms with Crippen molar-refractivity contribution in [3.63, 3.8) is 0 Å². The Hall–Kier alpha value is -0.120. The molecule has 1 heterocycles. The first kappa shape index (κ1) is 8.48. The lowest BCUT2D eigenvalue weighted by molar-refractivity contribution is 0.0347. The number of ether oxygens (including phenoxy) is 1. The van der Waals surface area contributed by atoms with E-state index in [1.807, 2.05) is 0 Å². The molecule has 2 atom stereocenters. The van der Waals surface area contributed by atoms with E-state index in [0.717, 1.165) is 32.2 Å². The van der Waals surface area contributed by atoms with Crippen molar-refractivity contribution in [3.05, 3.63) is 0 Å². The van der Waals surface area contributed by atoms with Crippen LogP contribution in [-0.2, 0) is 4.74 Å². The molecule has 70 valence electrons. The number of morpholine rings is 1. The number of hydrogen-bond donors (Lipinski definition) is 1. The van der Waals surface area contributed by atoms with Crippen molar-refractivity contribution in [1.29, 1.82) is 0 Å². The molecule has 2 aliphatic rings. The number of hydrogen-bond acceptors (Lipinski definition) is 3. The van der Waals surface area contributed by atoms with Gasteiger partial charge >= 0.3 is 0 Å². The predicted molar refractivity (Wildman–Crippen MR) is 45.9 cm³/mol. The van der Waals surface area contributed by atoms with Crippen molar-refractivity contribution in [2.75, 3.05) is 39.5 Å². The zero-order chi connectivity index (χ0) is 8.39. The van der Waals surface area contributed by atoms with Crippen molar-refractivity contribution >= 4 is 0 Å². The van der Waals surface area contributed by atoms with Crippen LogP contribution in [0.15, 0.2) is 0 Å². The topological polar surface area (TPSA) is 32.7 Å². The molecule has 3 nitrogen and oxygen atoms in total. The van der Waals surface area contributed by atoms with Crippen LogP contribution in [0.1, 0.15) is 6.42 Å². The molecule has 1 aliphatic heterocycles. The maximum atomic E-state index is 8.86. The van der Waals surface area contributed by atoms with Gasteiger partial charge in [-0.15, -0.1) is 0 Å². The fourth-order valence-electron chi connectivity index (χ4n) is 1.87. The molecule has 2 fully saturated rings. The average Bonchev–Trinajstić information content (AvgIpc) is 2.85. The molecule has 12 heavy (non-hydrogen) atoms. The lowest BCUT2D eigenvalue weighted by Gasteiger charge is -2.26. The monoisotopic (exact) mass is 171 g/mol. The van der Waals surface area contributed by atoms with Crippen LogP contribution in [0.5, 0.6) is 0 Å². The second-order valence-electron chi connectivity index (χ2n) is 3.85. The van der Waals surface area contributed by atoms with Gasteiger partial charge in [-0.3, -0.25) is 4.90 Å². The standard InChI is InChI=1S/C9H17NO2/c11-7-9-5-8(9)6-10-1-3-12-4-2-10/h8-9,11H,1-7H2. The van der Waals surface area contributed by atoms with Crippen molar-refractivity contribution in [1.82, 2.24) is 4.90 Å². The van der Waals surface area contributed by atoms with E-state index in [0.29, 0.717) is 12.5 Å². The largest absolute Gasteiger partial charge is 0.396 e. The minimum absolute atomic E-state index is 0.384. The van der Waals surface area contributed by atoms with Gasteiger partial charge in [0.1, 0.15) is 0 Å². The molecule has 0 aromatic carbocycles. The Kier molecular flexibility index (Phi) is 2.63. The first-order chi connectivity index (χ1) is 5.90. The summed E-state index contributed by atoms with van der Waals surface area (Å²) in [4.78, 5) is 2.45. The highest BCUT2D eigenvalue weighted by atomic mass is 16.5. The van der Waals surface area contributed by atoms with Crippen molar-refractivity contribution in [2.45, 2.75) is 6.42 Å². The highest BCUT2D eigenvalue weighted by Crippen LogP contribution is 2.38. The van der Waals surface area contributed by atoms with E-state index < -0.39 is 0 Å². The van der Waals surface area contributed by atoms with Crippen LogP contribution in [0.3, 0.4) is 0 Å². The van der Waals surface area contributed by atoms with Crippen LogP contribution in [0.2, 0.25) is 0 Å². The van der Waals surface area contributed by atoms with Gasteiger partial charge in [-0.05, 0) is 18.3 Å². The predicted octanol–water partition coefficient (Wildman–Crippen LogP) is -0.0530. The van der Waals surface area contributed by atoms with Gasteiger partial charge in [0.2, 0.25) is 0 Å². The smallest absolute Gasteiger partial charge is 0.0594 e. The molecule has 0 spiro atoms. The Morgan fingerprint density at radius 1 is 1.25 bits per heavy atom. The SMILES string of the molecule is OCC1CC1CN1CCOCC1. The van der Waals surface area contributed by atoms with Crippen molar-refractivity contribution in [2.24, 2.45) is 11.8 Å². The van der Waals surface area contributed by atoms with E-state index in [4.69, 9.17) is 9.84 Å². The molecular formula is C9H17NO2. The van der Waals surface area contributed by atoms with Crippen LogP contribution in [0.25, 0.3) is 0 Å². The van der Waals surface area contributed by atoms with Gasteiger partial charge in [-0.2, -0.15) is 0 Å². The molecule has 0 bridgehead atoms. The van der Waals surface area contributed by atoms with Crippen molar-refractivity contribution < 1.29 is 9.84 Å². The minimum atomic E-state index is 0.384. The van der Waals surface area contributed by atoms with E-state index in [1.165, 1.54) is 13.0 Å². The zero-order valence-electron chi connectivity index (χ0n) is 7.41. The molecule has 0 radical (unpaired) electrons. The van der Waals surface area contributed by atoms with Gasteiger partial charge in [-0.1, -0.05) is 0 Å². The molecule has 1 aliphatic carbocycles. The van der Waals surface area contributed by atoms with E-state index in [1.54, 1.807) is 0 Å². The normalized spacial score (nSPS) is 36.8. The van der Waals surface area contributed by atoms with Gasteiger partial charge in [0.25, 0.3) is 0 Å². The summed E-state index contributed by atoms with van der Waals surface area (Å²) in [6, 6.07) is 0. The summed E-state index contributed by atoms with van der Waals surface area (Å²) in [6.45, 7) is 5.49. The number of nitrogens with zero attached hydrogens (tertiary/aromatic N) is 1. The molecule has 0 aromatic heterocycles. The maximum Gasteiger partial charge on any atom is 0.0594 e. The molecule has 3 heteroatoms. The number of aliphatic hydroxyl groups excluding tert-OH is 1. The summed E-state index contributed by atoms with van der Waals surface area (Å²) in [6.07, 6.45) is 1.23. The molecule has 1 saturated carbocycles. The van der Waals surface area contributed by atoms with Crippen LogP contribution in [-0.4, -0.2) is 49.5 Å². The summed E-state index contributed by atoms with van der Waals surface area (Å²) in [7, 11) is 0. The zero-order valence-corrected chi connectivity index (χ0v) is 7.41. The number of aliphatic hydroxyl groups is 1. The third-order valence-electron chi connectivity index (χ3n) is 2.90. The average molecular weight is 171 g/mol. The summed E-state index contributed by atoms with van der Waals surface area (Å²) < 4.78 is 5.26. The maximum absolute atomic E-state index is 8.86. The Morgan fingerprint density at radius 3 is 2.58 bits per heavy atom. The highest BCUT2D eigenvalue weighted by Gasteiger charge is 2.37. The summed E-state index contributed by atoms with van der Waals surface area (Å²) in [5, 5.41) is 8.86. The van der Waals surface area contributed by atoms with E-state index in [2.05, 4.69) is 4.90 Å². The fraction of sp³-hybridized carbons (Fsp3) is 1.00. The van der Waals surface area contributed by atoms with Gasteiger partial charge in [-0.25, -0.2) is 0 Å². The van der Waals surface area contributed by atoms with Crippen LogP contribution in [0, 0.1) is 11.8 Å². The lowest BCUT2D eigenvalue weighted by Crippen LogP contribution is -2.37. The first-order valence-electron chi connectivity index (χ1n) is 4.81. The second kappa shape index (κ2) is 3.73. The third kappa shape index (κ3) is 1.97. The Morgan fingerprint density at radius 2 is 2.00 bits per heavy atom. The van der Waals surface area contributed by atoms with Gasteiger partial charge in [0.15, 0.2) is 0 Å².